The molecule has 1 saturated heterocycles. The first-order chi connectivity index (χ1) is 12.1. The third kappa shape index (κ3) is 3.81. The fraction of sp³-hybridized carbons (Fsp3) is 0.333. The van der Waals surface area contributed by atoms with Crippen LogP contribution in [0, 0.1) is 17.1 Å². The molecular formula is C18H18BFN4O. The zero-order valence-corrected chi connectivity index (χ0v) is 13.8. The summed E-state index contributed by atoms with van der Waals surface area (Å²) in [6.45, 7) is 2.92. The van der Waals surface area contributed by atoms with Gasteiger partial charge in [-0.05, 0) is 23.8 Å². The number of halogens is 1. The molecule has 0 spiro atoms. The van der Waals surface area contributed by atoms with Gasteiger partial charge in [-0.15, -0.1) is 0 Å². The van der Waals surface area contributed by atoms with Gasteiger partial charge in [-0.2, -0.15) is 5.26 Å². The van der Waals surface area contributed by atoms with E-state index in [9.17, 15) is 9.50 Å². The van der Waals surface area contributed by atoms with E-state index < -0.39 is 5.82 Å². The molecule has 1 aromatic carbocycles. The molecule has 7 heteroatoms. The van der Waals surface area contributed by atoms with Gasteiger partial charge in [0, 0.05) is 26.2 Å². The lowest BCUT2D eigenvalue weighted by molar-refractivity contribution is 0.117. The van der Waals surface area contributed by atoms with Gasteiger partial charge in [0.15, 0.2) is 0 Å². The Morgan fingerprint density at radius 2 is 2.00 bits per heavy atom. The number of nitrogens with zero attached hydrogens (tertiary/aromatic N) is 4. The highest BCUT2D eigenvalue weighted by atomic mass is 19.1. The van der Waals surface area contributed by atoms with Gasteiger partial charge in [0.25, 0.3) is 0 Å². The number of anilines is 1. The second-order valence-electron chi connectivity index (χ2n) is 6.02. The van der Waals surface area contributed by atoms with Crippen molar-refractivity contribution in [2.45, 2.75) is 6.04 Å². The molecule has 126 valence electrons. The van der Waals surface area contributed by atoms with Gasteiger partial charge in [0.1, 0.15) is 25.4 Å². The maximum Gasteiger partial charge on any atom is 0.140 e. The van der Waals surface area contributed by atoms with E-state index in [-0.39, 0.29) is 18.1 Å². The number of pyridine rings is 1. The first-order valence-corrected chi connectivity index (χ1v) is 8.13. The predicted molar refractivity (Wildman–Crippen MR) is 94.4 cm³/mol. The zero-order valence-electron chi connectivity index (χ0n) is 13.8. The summed E-state index contributed by atoms with van der Waals surface area (Å²) >= 11 is 0. The Hall–Kier alpha value is -2.43. The molecule has 1 N–H and O–H groups in total. The molecular weight excluding hydrogens is 318 g/mol. The standard InChI is InChI=1S/C18H18BFN4O/c19-16-4-1-13(9-17(16)20)18(12-25)24-7-5-23(6-8-24)15-3-2-14(10-21)22-11-15/h1-4,9,11,18,25H,5-8,12H2. The van der Waals surface area contributed by atoms with Gasteiger partial charge in [-0.3, -0.25) is 4.90 Å². The van der Waals surface area contributed by atoms with Crippen molar-refractivity contribution >= 4 is 19.0 Å². The van der Waals surface area contributed by atoms with Crippen LogP contribution in [0.5, 0.6) is 0 Å². The average molecular weight is 336 g/mol. The number of benzene rings is 1. The summed E-state index contributed by atoms with van der Waals surface area (Å²) in [6.07, 6.45) is 1.70. The molecule has 2 radical (unpaired) electrons. The topological polar surface area (TPSA) is 63.4 Å². The van der Waals surface area contributed by atoms with E-state index in [4.69, 9.17) is 13.1 Å². The van der Waals surface area contributed by atoms with Crippen LogP contribution in [-0.4, -0.2) is 55.6 Å². The Kier molecular flexibility index (Phi) is 5.32. The van der Waals surface area contributed by atoms with Crippen LogP contribution in [0.25, 0.3) is 0 Å². The highest BCUT2D eigenvalue weighted by Crippen LogP contribution is 2.24. The average Bonchev–Trinajstić information content (AvgIpc) is 2.66. The molecule has 0 bridgehead atoms. The quantitative estimate of drug-likeness (QED) is 0.835. The first kappa shape index (κ1) is 17.4. The van der Waals surface area contributed by atoms with Crippen molar-refractivity contribution < 1.29 is 9.50 Å². The fourth-order valence-corrected chi connectivity index (χ4v) is 3.11. The van der Waals surface area contributed by atoms with Crippen molar-refractivity contribution in [2.75, 3.05) is 37.7 Å². The van der Waals surface area contributed by atoms with Gasteiger partial charge in [-0.1, -0.05) is 17.6 Å². The number of aliphatic hydroxyl groups is 1. The fourth-order valence-electron chi connectivity index (χ4n) is 3.11. The largest absolute Gasteiger partial charge is 0.394 e. The van der Waals surface area contributed by atoms with Crippen LogP contribution in [0.1, 0.15) is 17.3 Å². The highest BCUT2D eigenvalue weighted by molar-refractivity contribution is 6.32. The van der Waals surface area contributed by atoms with Crippen molar-refractivity contribution in [3.05, 3.63) is 53.6 Å². The maximum atomic E-state index is 13.7. The zero-order chi connectivity index (χ0) is 17.8. The number of nitriles is 1. The lowest BCUT2D eigenvalue weighted by Crippen LogP contribution is -2.48. The molecule has 2 heterocycles. The molecule has 2 aromatic rings. The molecule has 0 saturated carbocycles. The second kappa shape index (κ2) is 7.64. The number of aromatic nitrogens is 1. The van der Waals surface area contributed by atoms with Gasteiger partial charge >= 0.3 is 0 Å². The van der Waals surface area contributed by atoms with Gasteiger partial charge in [0.05, 0.1) is 24.5 Å². The summed E-state index contributed by atoms with van der Waals surface area (Å²) in [5.41, 5.74) is 2.20. The number of hydrogen-bond acceptors (Lipinski definition) is 5. The van der Waals surface area contributed by atoms with E-state index in [1.807, 2.05) is 12.1 Å². The number of aliphatic hydroxyl groups excluding tert-OH is 1. The molecule has 5 nitrogen and oxygen atoms in total. The Morgan fingerprint density at radius 1 is 1.24 bits per heavy atom. The van der Waals surface area contributed by atoms with E-state index in [1.165, 1.54) is 12.1 Å². The molecule has 1 atom stereocenters. The van der Waals surface area contributed by atoms with Crippen LogP contribution in [-0.2, 0) is 0 Å². The molecule has 1 aliphatic rings. The lowest BCUT2D eigenvalue weighted by Gasteiger charge is -2.39. The third-order valence-corrected chi connectivity index (χ3v) is 4.56. The van der Waals surface area contributed by atoms with E-state index in [2.05, 4.69) is 14.8 Å². The van der Waals surface area contributed by atoms with E-state index in [0.29, 0.717) is 5.69 Å². The Bertz CT molecular complexity index is 770. The molecule has 1 aliphatic heterocycles. The summed E-state index contributed by atoms with van der Waals surface area (Å²) in [4.78, 5) is 8.42. The Labute approximate surface area is 147 Å². The summed E-state index contributed by atoms with van der Waals surface area (Å²) in [5.74, 6) is -0.460. The van der Waals surface area contributed by atoms with Crippen LogP contribution < -0.4 is 10.4 Å². The normalized spacial score (nSPS) is 16.4. The van der Waals surface area contributed by atoms with Crippen LogP contribution >= 0.6 is 0 Å². The number of piperazine rings is 1. The number of rotatable bonds is 4. The van der Waals surface area contributed by atoms with E-state index in [1.54, 1.807) is 18.3 Å². The van der Waals surface area contributed by atoms with Crippen molar-refractivity contribution in [2.24, 2.45) is 0 Å². The number of hydrogen-bond donors (Lipinski definition) is 1. The summed E-state index contributed by atoms with van der Waals surface area (Å²) in [6, 6.07) is 10.0. The molecule has 0 amide bonds. The molecule has 1 fully saturated rings. The first-order valence-electron chi connectivity index (χ1n) is 8.13. The van der Waals surface area contributed by atoms with Gasteiger partial charge in [-0.25, -0.2) is 9.37 Å². The van der Waals surface area contributed by atoms with Crippen LogP contribution in [0.3, 0.4) is 0 Å². The van der Waals surface area contributed by atoms with Crippen LogP contribution in [0.2, 0.25) is 0 Å². The summed E-state index contributed by atoms with van der Waals surface area (Å²) in [7, 11) is 5.53. The summed E-state index contributed by atoms with van der Waals surface area (Å²) < 4.78 is 13.7. The second-order valence-corrected chi connectivity index (χ2v) is 6.02. The Balaban J connectivity index is 1.67. The third-order valence-electron chi connectivity index (χ3n) is 4.56. The van der Waals surface area contributed by atoms with Gasteiger partial charge < -0.3 is 10.0 Å². The minimum Gasteiger partial charge on any atom is -0.394 e. The van der Waals surface area contributed by atoms with Crippen molar-refractivity contribution in [1.82, 2.24) is 9.88 Å². The highest BCUT2D eigenvalue weighted by Gasteiger charge is 2.25. The summed E-state index contributed by atoms with van der Waals surface area (Å²) in [5, 5.41) is 18.6. The van der Waals surface area contributed by atoms with Crippen LogP contribution in [0.15, 0.2) is 36.5 Å². The smallest absolute Gasteiger partial charge is 0.140 e. The molecule has 1 aromatic heterocycles. The molecule has 3 rings (SSSR count). The molecule has 1 unspecified atom stereocenters. The lowest BCUT2D eigenvalue weighted by atomic mass is 9.92. The molecule has 0 aliphatic carbocycles. The Morgan fingerprint density at radius 3 is 2.56 bits per heavy atom. The van der Waals surface area contributed by atoms with E-state index >= 15 is 0 Å². The monoisotopic (exact) mass is 336 g/mol. The van der Waals surface area contributed by atoms with Crippen LogP contribution in [0.4, 0.5) is 10.1 Å². The molecule has 25 heavy (non-hydrogen) atoms. The van der Waals surface area contributed by atoms with Crippen molar-refractivity contribution in [1.29, 1.82) is 5.26 Å². The minimum atomic E-state index is -0.460. The minimum absolute atomic E-state index is 0.0816. The SMILES string of the molecule is [B]c1ccc(C(CO)N2CCN(c3ccc(C#N)nc3)CC2)cc1F. The van der Waals surface area contributed by atoms with Gasteiger partial charge in [0.2, 0.25) is 0 Å². The maximum absolute atomic E-state index is 13.7. The predicted octanol–water partition coefficient (Wildman–Crippen LogP) is 0.742. The van der Waals surface area contributed by atoms with Crippen molar-refractivity contribution in [3.8, 4) is 6.07 Å². The van der Waals surface area contributed by atoms with Crippen molar-refractivity contribution in [3.63, 3.8) is 0 Å². The van der Waals surface area contributed by atoms with E-state index in [0.717, 1.165) is 37.4 Å².